The van der Waals surface area contributed by atoms with Crippen LogP contribution in [0, 0.1) is 6.92 Å². The van der Waals surface area contributed by atoms with Crippen molar-refractivity contribution in [2.24, 2.45) is 0 Å². The summed E-state index contributed by atoms with van der Waals surface area (Å²) in [6.07, 6.45) is 3.70. The van der Waals surface area contributed by atoms with Gasteiger partial charge in [-0.1, -0.05) is 12.1 Å². The van der Waals surface area contributed by atoms with E-state index in [1.165, 1.54) is 19.3 Å². The van der Waals surface area contributed by atoms with E-state index in [1.807, 2.05) is 44.3 Å². The Labute approximate surface area is 161 Å². The molecule has 0 bridgehead atoms. The molecule has 146 valence electrons. The molecule has 0 spiro atoms. The second-order valence-corrected chi connectivity index (χ2v) is 7.24. The molecule has 0 saturated carbocycles. The predicted octanol–water partition coefficient (Wildman–Crippen LogP) is 2.95. The molecule has 6 nitrogen and oxygen atoms in total. The van der Waals surface area contributed by atoms with E-state index in [2.05, 4.69) is 14.8 Å². The summed E-state index contributed by atoms with van der Waals surface area (Å²) in [5.41, 5.74) is 3.03. The zero-order valence-electron chi connectivity index (χ0n) is 16.6. The van der Waals surface area contributed by atoms with Gasteiger partial charge in [-0.2, -0.15) is 0 Å². The van der Waals surface area contributed by atoms with Gasteiger partial charge in [-0.15, -0.1) is 0 Å². The molecule has 1 aliphatic heterocycles. The van der Waals surface area contributed by atoms with Gasteiger partial charge in [-0.25, -0.2) is 9.97 Å². The minimum Gasteiger partial charge on any atom is -0.497 e. The molecule has 0 amide bonds. The second kappa shape index (κ2) is 9.15. The van der Waals surface area contributed by atoms with E-state index in [-0.39, 0.29) is 12.6 Å². The number of benzene rings is 1. The molecule has 1 aliphatic rings. The van der Waals surface area contributed by atoms with Crippen molar-refractivity contribution < 1.29 is 9.84 Å². The van der Waals surface area contributed by atoms with Crippen LogP contribution < -0.4 is 9.64 Å². The number of anilines is 1. The number of rotatable bonds is 7. The average molecular weight is 370 g/mol. The fraction of sp³-hybridized carbons (Fsp3) is 0.524. The minimum atomic E-state index is -0.0929. The molecule has 1 atom stereocenters. The molecule has 1 fully saturated rings. The summed E-state index contributed by atoms with van der Waals surface area (Å²) in [6.45, 7) is 4.78. The van der Waals surface area contributed by atoms with Crippen molar-refractivity contribution >= 4 is 5.95 Å². The number of aliphatic hydroxyl groups excluding tert-OH is 1. The third-order valence-corrected chi connectivity index (χ3v) is 5.15. The van der Waals surface area contributed by atoms with Crippen LogP contribution in [-0.4, -0.2) is 53.8 Å². The van der Waals surface area contributed by atoms with Gasteiger partial charge in [0.15, 0.2) is 0 Å². The third kappa shape index (κ3) is 4.96. The number of aryl methyl sites for hydroxylation is 1. The number of nitrogens with zero attached hydrogens (tertiary/aromatic N) is 4. The van der Waals surface area contributed by atoms with Crippen molar-refractivity contribution in [2.45, 2.75) is 38.8 Å². The molecule has 1 N–H and O–H groups in total. The summed E-state index contributed by atoms with van der Waals surface area (Å²) in [5, 5.41) is 9.95. The zero-order valence-corrected chi connectivity index (χ0v) is 16.6. The fourth-order valence-corrected chi connectivity index (χ4v) is 3.62. The van der Waals surface area contributed by atoms with E-state index >= 15 is 0 Å². The molecule has 1 unspecified atom stereocenters. The number of hydrogen-bond donors (Lipinski definition) is 1. The van der Waals surface area contributed by atoms with Crippen LogP contribution in [-0.2, 0) is 6.54 Å². The largest absolute Gasteiger partial charge is 0.497 e. The zero-order chi connectivity index (χ0) is 19.2. The first kappa shape index (κ1) is 19.6. The number of likely N-dealkylation sites (N-methyl/N-ethyl adjacent to an activating group) is 1. The maximum absolute atomic E-state index is 9.95. The monoisotopic (exact) mass is 370 g/mol. The van der Waals surface area contributed by atoms with Crippen LogP contribution in [0.3, 0.4) is 0 Å². The topological polar surface area (TPSA) is 61.7 Å². The summed E-state index contributed by atoms with van der Waals surface area (Å²) in [7, 11) is 3.67. The molecular formula is C21H30N4O2. The van der Waals surface area contributed by atoms with Crippen molar-refractivity contribution in [3.63, 3.8) is 0 Å². The first-order valence-corrected chi connectivity index (χ1v) is 9.65. The van der Waals surface area contributed by atoms with Crippen molar-refractivity contribution in [1.29, 1.82) is 0 Å². The highest BCUT2D eigenvalue weighted by Gasteiger charge is 2.19. The van der Waals surface area contributed by atoms with Crippen LogP contribution in [0.25, 0.3) is 0 Å². The van der Waals surface area contributed by atoms with Crippen LogP contribution in [0.15, 0.2) is 30.3 Å². The summed E-state index contributed by atoms with van der Waals surface area (Å²) in [5.74, 6) is 1.65. The molecule has 0 aliphatic carbocycles. The van der Waals surface area contributed by atoms with Gasteiger partial charge < -0.3 is 14.7 Å². The summed E-state index contributed by atoms with van der Waals surface area (Å²) in [4.78, 5) is 13.9. The van der Waals surface area contributed by atoms with Crippen molar-refractivity contribution in [2.75, 3.05) is 38.8 Å². The Morgan fingerprint density at radius 1 is 1.15 bits per heavy atom. The number of aromatic nitrogens is 2. The van der Waals surface area contributed by atoms with Gasteiger partial charge in [-0.3, -0.25) is 4.90 Å². The number of methoxy groups -OCH3 is 1. The lowest BCUT2D eigenvalue weighted by atomic mass is 10.1. The fourth-order valence-electron chi connectivity index (χ4n) is 3.62. The summed E-state index contributed by atoms with van der Waals surface area (Å²) in [6, 6.07) is 9.79. The first-order valence-electron chi connectivity index (χ1n) is 9.65. The lowest BCUT2D eigenvalue weighted by Gasteiger charge is -2.29. The first-order chi connectivity index (χ1) is 13.1. The van der Waals surface area contributed by atoms with E-state index in [0.29, 0.717) is 6.54 Å². The lowest BCUT2D eigenvalue weighted by molar-refractivity contribution is 0.141. The van der Waals surface area contributed by atoms with Crippen LogP contribution >= 0.6 is 0 Å². The van der Waals surface area contributed by atoms with Crippen LogP contribution in [0.2, 0.25) is 0 Å². The van der Waals surface area contributed by atoms with Gasteiger partial charge in [0.1, 0.15) is 5.75 Å². The van der Waals surface area contributed by atoms with E-state index in [9.17, 15) is 5.11 Å². The Hall–Kier alpha value is -2.18. The van der Waals surface area contributed by atoms with Gasteiger partial charge in [0.25, 0.3) is 0 Å². The molecule has 2 aromatic rings. The van der Waals surface area contributed by atoms with Gasteiger partial charge in [0, 0.05) is 25.3 Å². The quantitative estimate of drug-likeness (QED) is 0.809. The summed E-state index contributed by atoms with van der Waals surface area (Å²) < 4.78 is 5.22. The maximum Gasteiger partial charge on any atom is 0.225 e. The molecular weight excluding hydrogens is 340 g/mol. The molecule has 2 heterocycles. The van der Waals surface area contributed by atoms with Crippen molar-refractivity contribution in [1.82, 2.24) is 14.9 Å². The minimum absolute atomic E-state index is 0.0475. The standard InChI is InChI=1S/C21H30N4O2/c1-16-13-18(23-21(22-16)25-11-5-4-6-12-25)14-24(2)20(15-26)17-7-9-19(27-3)10-8-17/h7-10,13,20,26H,4-6,11-12,14-15H2,1-3H3. The maximum atomic E-state index is 9.95. The number of aliphatic hydroxyl groups is 1. The van der Waals surface area contributed by atoms with Crippen LogP contribution in [0.5, 0.6) is 5.75 Å². The lowest BCUT2D eigenvalue weighted by Crippen LogP contribution is -2.32. The van der Waals surface area contributed by atoms with Gasteiger partial charge in [0.2, 0.25) is 5.95 Å². The van der Waals surface area contributed by atoms with E-state index < -0.39 is 0 Å². The predicted molar refractivity (Wildman–Crippen MR) is 107 cm³/mol. The number of hydrogen-bond acceptors (Lipinski definition) is 6. The second-order valence-electron chi connectivity index (χ2n) is 7.24. The Bertz CT molecular complexity index is 729. The molecule has 1 saturated heterocycles. The Balaban J connectivity index is 1.74. The normalized spacial score (nSPS) is 15.8. The number of ether oxygens (including phenoxy) is 1. The van der Waals surface area contributed by atoms with E-state index in [4.69, 9.17) is 9.72 Å². The van der Waals surface area contributed by atoms with E-state index in [1.54, 1.807) is 7.11 Å². The van der Waals surface area contributed by atoms with Gasteiger partial charge in [0.05, 0.1) is 25.5 Å². The molecule has 1 aromatic carbocycles. The van der Waals surface area contributed by atoms with Gasteiger partial charge >= 0.3 is 0 Å². The van der Waals surface area contributed by atoms with Gasteiger partial charge in [-0.05, 0) is 57.0 Å². The van der Waals surface area contributed by atoms with Crippen LogP contribution in [0.4, 0.5) is 5.95 Å². The molecule has 27 heavy (non-hydrogen) atoms. The molecule has 3 rings (SSSR count). The Morgan fingerprint density at radius 3 is 2.48 bits per heavy atom. The highest BCUT2D eigenvalue weighted by molar-refractivity contribution is 5.33. The van der Waals surface area contributed by atoms with Crippen LogP contribution in [0.1, 0.15) is 42.3 Å². The Kier molecular flexibility index (Phi) is 6.63. The highest BCUT2D eigenvalue weighted by atomic mass is 16.5. The van der Waals surface area contributed by atoms with Crippen molar-refractivity contribution in [3.8, 4) is 5.75 Å². The molecule has 1 aromatic heterocycles. The highest BCUT2D eigenvalue weighted by Crippen LogP contribution is 2.24. The average Bonchev–Trinajstić information content (AvgIpc) is 2.69. The van der Waals surface area contributed by atoms with E-state index in [0.717, 1.165) is 41.7 Å². The Morgan fingerprint density at radius 2 is 1.85 bits per heavy atom. The molecule has 0 radical (unpaired) electrons. The SMILES string of the molecule is COc1ccc(C(CO)N(C)Cc2cc(C)nc(N3CCCCC3)n2)cc1. The smallest absolute Gasteiger partial charge is 0.225 e. The third-order valence-electron chi connectivity index (χ3n) is 5.15. The molecule has 6 heteroatoms. The van der Waals surface area contributed by atoms with Crippen molar-refractivity contribution in [3.05, 3.63) is 47.3 Å². The summed E-state index contributed by atoms with van der Waals surface area (Å²) >= 11 is 0. The number of piperidine rings is 1.